The van der Waals surface area contributed by atoms with Gasteiger partial charge in [-0.3, -0.25) is 4.79 Å². The van der Waals surface area contributed by atoms with Gasteiger partial charge in [-0.2, -0.15) is 0 Å². The van der Waals surface area contributed by atoms with E-state index in [1.807, 2.05) is 73.7 Å². The number of aryl methyl sites for hydroxylation is 2. The lowest BCUT2D eigenvalue weighted by Crippen LogP contribution is -2.10. The average Bonchev–Trinajstić information content (AvgIpc) is 2.70. The van der Waals surface area contributed by atoms with Crippen LogP contribution in [-0.2, 0) is 6.61 Å². The van der Waals surface area contributed by atoms with E-state index in [0.29, 0.717) is 23.3 Å². The molecule has 4 aromatic rings. The molecule has 1 heterocycles. The topological polar surface area (TPSA) is 39.4 Å². The van der Waals surface area contributed by atoms with Crippen molar-refractivity contribution in [3.63, 3.8) is 0 Å². The third-order valence-electron chi connectivity index (χ3n) is 4.75. The smallest absolute Gasteiger partial charge is 0.235 e. The van der Waals surface area contributed by atoms with Crippen molar-refractivity contribution < 1.29 is 9.15 Å². The van der Waals surface area contributed by atoms with E-state index in [9.17, 15) is 4.79 Å². The molecule has 0 spiro atoms. The Kier molecular flexibility index (Phi) is 4.51. The van der Waals surface area contributed by atoms with Crippen LogP contribution in [0.15, 0.2) is 82.0 Å². The highest BCUT2D eigenvalue weighted by Gasteiger charge is 2.18. The molecule has 0 N–H and O–H groups in total. The maximum Gasteiger partial charge on any atom is 0.235 e. The second-order valence-corrected chi connectivity index (χ2v) is 6.66. The van der Waals surface area contributed by atoms with Crippen molar-refractivity contribution in [1.29, 1.82) is 0 Å². The highest BCUT2D eigenvalue weighted by atomic mass is 16.5. The van der Waals surface area contributed by atoms with Crippen LogP contribution in [-0.4, -0.2) is 0 Å². The molecular weight excluding hydrogens is 336 g/mol. The summed E-state index contributed by atoms with van der Waals surface area (Å²) in [5.41, 5.74) is 4.56. The first kappa shape index (κ1) is 17.1. The number of hydrogen-bond donors (Lipinski definition) is 0. The minimum Gasteiger partial charge on any atom is -0.481 e. The van der Waals surface area contributed by atoms with Crippen LogP contribution >= 0.6 is 0 Å². The second-order valence-electron chi connectivity index (χ2n) is 6.66. The minimum atomic E-state index is -0.152. The summed E-state index contributed by atoms with van der Waals surface area (Å²) in [6.45, 7) is 4.41. The third kappa shape index (κ3) is 3.36. The highest BCUT2D eigenvalue weighted by molar-refractivity contribution is 5.82. The summed E-state index contributed by atoms with van der Waals surface area (Å²) in [7, 11) is 0. The van der Waals surface area contributed by atoms with E-state index in [0.717, 1.165) is 16.7 Å². The van der Waals surface area contributed by atoms with Crippen LogP contribution in [0, 0.1) is 13.8 Å². The molecule has 0 saturated carbocycles. The van der Waals surface area contributed by atoms with Crippen molar-refractivity contribution >= 4 is 11.0 Å². The Balaban J connectivity index is 1.87. The lowest BCUT2D eigenvalue weighted by molar-refractivity contribution is 0.298. The Morgan fingerprint density at radius 1 is 0.852 bits per heavy atom. The normalized spacial score (nSPS) is 10.9. The van der Waals surface area contributed by atoms with E-state index in [4.69, 9.17) is 9.15 Å². The van der Waals surface area contributed by atoms with Gasteiger partial charge in [0.25, 0.3) is 0 Å². The first-order valence-corrected chi connectivity index (χ1v) is 8.93. The molecule has 0 bridgehead atoms. The largest absolute Gasteiger partial charge is 0.481 e. The Bertz CT molecular complexity index is 1160. The molecule has 3 nitrogen and oxygen atoms in total. The molecule has 0 atom stereocenters. The van der Waals surface area contributed by atoms with Crippen molar-refractivity contribution in [2.24, 2.45) is 0 Å². The molecule has 134 valence electrons. The quantitative estimate of drug-likeness (QED) is 0.474. The predicted octanol–water partition coefficient (Wildman–Crippen LogP) is 5.66. The summed E-state index contributed by atoms with van der Waals surface area (Å²) in [5.74, 6) is 0.721. The van der Waals surface area contributed by atoms with Crippen LogP contribution in [0.1, 0.15) is 16.7 Å². The molecule has 27 heavy (non-hydrogen) atoms. The number of para-hydroxylation sites is 1. The number of benzene rings is 3. The minimum absolute atomic E-state index is 0.152. The van der Waals surface area contributed by atoms with Crippen molar-refractivity contribution in [2.75, 3.05) is 0 Å². The zero-order valence-electron chi connectivity index (χ0n) is 15.4. The monoisotopic (exact) mass is 356 g/mol. The van der Waals surface area contributed by atoms with Gasteiger partial charge >= 0.3 is 0 Å². The van der Waals surface area contributed by atoms with Gasteiger partial charge < -0.3 is 9.15 Å². The lowest BCUT2D eigenvalue weighted by atomic mass is 10.0. The zero-order valence-corrected chi connectivity index (χ0v) is 15.4. The molecule has 0 aliphatic carbocycles. The summed E-state index contributed by atoms with van der Waals surface area (Å²) in [5, 5.41) is 0.521. The van der Waals surface area contributed by atoms with Crippen molar-refractivity contribution in [3.8, 4) is 17.1 Å². The van der Waals surface area contributed by atoms with Crippen molar-refractivity contribution in [1.82, 2.24) is 0 Å². The molecule has 0 aliphatic rings. The fourth-order valence-corrected chi connectivity index (χ4v) is 3.06. The van der Waals surface area contributed by atoms with Crippen LogP contribution in [0.2, 0.25) is 0 Å². The number of rotatable bonds is 4. The van der Waals surface area contributed by atoms with Gasteiger partial charge in [0.2, 0.25) is 11.2 Å². The van der Waals surface area contributed by atoms with E-state index < -0.39 is 0 Å². The van der Waals surface area contributed by atoms with Gasteiger partial charge in [0.1, 0.15) is 12.2 Å². The average molecular weight is 356 g/mol. The molecule has 3 aromatic carbocycles. The van der Waals surface area contributed by atoms with Gasteiger partial charge in [-0.05, 0) is 48.7 Å². The first-order valence-electron chi connectivity index (χ1n) is 8.93. The van der Waals surface area contributed by atoms with Gasteiger partial charge in [-0.15, -0.1) is 0 Å². The fraction of sp³-hybridized carbons (Fsp3) is 0.125. The van der Waals surface area contributed by atoms with Crippen molar-refractivity contribution in [3.05, 3.63) is 99.7 Å². The van der Waals surface area contributed by atoms with E-state index in [-0.39, 0.29) is 11.2 Å². The number of fused-ring (bicyclic) bond motifs is 1. The Hall–Kier alpha value is -3.33. The Morgan fingerprint density at radius 2 is 1.59 bits per heavy atom. The SMILES string of the molecule is Cc1ccc(-c2oc3ccccc3c(=O)c2OCc2ccccc2)cc1C. The van der Waals surface area contributed by atoms with Crippen LogP contribution in [0.4, 0.5) is 0 Å². The maximum atomic E-state index is 13.1. The highest BCUT2D eigenvalue weighted by Crippen LogP contribution is 2.32. The zero-order chi connectivity index (χ0) is 18.8. The third-order valence-corrected chi connectivity index (χ3v) is 4.75. The summed E-state index contributed by atoms with van der Waals surface area (Å²) >= 11 is 0. The summed E-state index contributed by atoms with van der Waals surface area (Å²) in [6.07, 6.45) is 0. The van der Waals surface area contributed by atoms with E-state index in [2.05, 4.69) is 6.92 Å². The molecular formula is C24H20O3. The summed E-state index contributed by atoms with van der Waals surface area (Å²) < 4.78 is 12.1. The van der Waals surface area contributed by atoms with Gasteiger partial charge in [-0.1, -0.05) is 54.6 Å². The molecule has 4 rings (SSSR count). The van der Waals surface area contributed by atoms with Crippen LogP contribution < -0.4 is 10.2 Å². The maximum absolute atomic E-state index is 13.1. The van der Waals surface area contributed by atoms with E-state index in [1.54, 1.807) is 6.07 Å². The van der Waals surface area contributed by atoms with Crippen LogP contribution in [0.25, 0.3) is 22.3 Å². The second kappa shape index (κ2) is 7.12. The van der Waals surface area contributed by atoms with Gasteiger partial charge in [0, 0.05) is 5.56 Å². The number of hydrogen-bond acceptors (Lipinski definition) is 3. The van der Waals surface area contributed by atoms with E-state index in [1.165, 1.54) is 5.56 Å². The Morgan fingerprint density at radius 3 is 2.37 bits per heavy atom. The summed E-state index contributed by atoms with van der Waals surface area (Å²) in [6, 6.07) is 23.1. The van der Waals surface area contributed by atoms with Crippen molar-refractivity contribution in [2.45, 2.75) is 20.5 Å². The van der Waals surface area contributed by atoms with Crippen LogP contribution in [0.3, 0.4) is 0 Å². The standard InChI is InChI=1S/C24H20O3/c1-16-12-13-19(14-17(16)2)23-24(26-15-18-8-4-3-5-9-18)22(25)20-10-6-7-11-21(20)27-23/h3-14H,15H2,1-2H3. The molecule has 0 saturated heterocycles. The molecule has 1 aromatic heterocycles. The fourth-order valence-electron chi connectivity index (χ4n) is 3.06. The van der Waals surface area contributed by atoms with Gasteiger partial charge in [-0.25, -0.2) is 0 Å². The molecule has 0 unspecified atom stereocenters. The molecule has 0 radical (unpaired) electrons. The summed E-state index contributed by atoms with van der Waals surface area (Å²) in [4.78, 5) is 13.1. The predicted molar refractivity (Wildman–Crippen MR) is 108 cm³/mol. The number of ether oxygens (including phenoxy) is 1. The molecule has 0 fully saturated rings. The van der Waals surface area contributed by atoms with E-state index >= 15 is 0 Å². The molecule has 0 amide bonds. The van der Waals surface area contributed by atoms with Crippen LogP contribution in [0.5, 0.6) is 5.75 Å². The van der Waals surface area contributed by atoms with Gasteiger partial charge in [0.05, 0.1) is 5.39 Å². The molecule has 0 aliphatic heterocycles. The lowest BCUT2D eigenvalue weighted by Gasteiger charge is -2.13. The van der Waals surface area contributed by atoms with Gasteiger partial charge in [0.15, 0.2) is 5.76 Å². The Labute approximate surface area is 157 Å². The molecule has 3 heteroatoms. The first-order chi connectivity index (χ1) is 13.1.